The minimum atomic E-state index is -0.149. The summed E-state index contributed by atoms with van der Waals surface area (Å²) in [5, 5.41) is 0. The SMILES string of the molecule is CCCCCCCCCC=CC(OCC)OCC. The van der Waals surface area contributed by atoms with E-state index in [1.54, 1.807) is 0 Å². The van der Waals surface area contributed by atoms with Crippen molar-refractivity contribution in [3.05, 3.63) is 12.2 Å². The fourth-order valence-corrected chi connectivity index (χ4v) is 1.91. The summed E-state index contributed by atoms with van der Waals surface area (Å²) in [7, 11) is 0. The van der Waals surface area contributed by atoms with Crippen molar-refractivity contribution in [2.45, 2.75) is 78.4 Å². The third-order valence-corrected chi connectivity index (χ3v) is 2.93. The van der Waals surface area contributed by atoms with Crippen LogP contribution in [0.15, 0.2) is 12.2 Å². The summed E-state index contributed by atoms with van der Waals surface area (Å²) in [6.45, 7) is 7.66. The van der Waals surface area contributed by atoms with Crippen LogP contribution in [-0.2, 0) is 9.47 Å². The molecule has 0 saturated carbocycles. The monoisotopic (exact) mass is 256 g/mol. The first kappa shape index (κ1) is 17.7. The predicted molar refractivity (Wildman–Crippen MR) is 78.8 cm³/mol. The Morgan fingerprint density at radius 2 is 1.33 bits per heavy atom. The van der Waals surface area contributed by atoms with Crippen molar-refractivity contribution < 1.29 is 9.47 Å². The average molecular weight is 256 g/mol. The summed E-state index contributed by atoms with van der Waals surface area (Å²) >= 11 is 0. The van der Waals surface area contributed by atoms with Gasteiger partial charge in [-0.25, -0.2) is 0 Å². The third kappa shape index (κ3) is 12.1. The molecule has 2 nitrogen and oxygen atoms in total. The zero-order chi connectivity index (χ0) is 13.5. The summed E-state index contributed by atoms with van der Waals surface area (Å²) in [5.74, 6) is 0. The van der Waals surface area contributed by atoms with Crippen LogP contribution in [0.25, 0.3) is 0 Å². The zero-order valence-corrected chi connectivity index (χ0v) is 12.6. The van der Waals surface area contributed by atoms with E-state index in [0.717, 1.165) is 6.42 Å². The molecule has 0 bridgehead atoms. The Balaban J connectivity index is 3.39. The quantitative estimate of drug-likeness (QED) is 0.260. The first-order valence-corrected chi connectivity index (χ1v) is 7.74. The molecule has 0 aliphatic heterocycles. The van der Waals surface area contributed by atoms with Gasteiger partial charge in [-0.3, -0.25) is 0 Å². The second-order valence-corrected chi connectivity index (χ2v) is 4.62. The number of allylic oxidation sites excluding steroid dienone is 1. The van der Waals surface area contributed by atoms with Crippen molar-refractivity contribution in [1.82, 2.24) is 0 Å². The minimum absolute atomic E-state index is 0.149. The van der Waals surface area contributed by atoms with Crippen LogP contribution in [0.1, 0.15) is 72.1 Å². The maximum Gasteiger partial charge on any atom is 0.176 e. The molecule has 0 spiro atoms. The van der Waals surface area contributed by atoms with Crippen LogP contribution in [-0.4, -0.2) is 19.5 Å². The van der Waals surface area contributed by atoms with E-state index in [4.69, 9.17) is 9.47 Å². The van der Waals surface area contributed by atoms with Crippen LogP contribution in [0.5, 0.6) is 0 Å². The molecule has 0 amide bonds. The molecule has 0 heterocycles. The van der Waals surface area contributed by atoms with Gasteiger partial charge in [0.1, 0.15) is 0 Å². The van der Waals surface area contributed by atoms with Crippen LogP contribution in [0.4, 0.5) is 0 Å². The van der Waals surface area contributed by atoms with E-state index in [1.807, 2.05) is 19.9 Å². The predicted octanol–water partition coefficient (Wildman–Crippen LogP) is 5.08. The van der Waals surface area contributed by atoms with E-state index in [1.165, 1.54) is 44.9 Å². The van der Waals surface area contributed by atoms with Crippen molar-refractivity contribution in [1.29, 1.82) is 0 Å². The van der Waals surface area contributed by atoms with Gasteiger partial charge in [0.15, 0.2) is 6.29 Å². The molecular weight excluding hydrogens is 224 g/mol. The van der Waals surface area contributed by atoms with E-state index < -0.39 is 0 Å². The molecule has 0 aromatic carbocycles. The minimum Gasteiger partial charge on any atom is -0.349 e. The molecule has 0 fully saturated rings. The summed E-state index contributed by atoms with van der Waals surface area (Å²) in [6, 6.07) is 0. The molecule has 0 rings (SSSR count). The highest BCUT2D eigenvalue weighted by Crippen LogP contribution is 2.09. The molecule has 0 aromatic heterocycles. The fraction of sp³-hybridized carbons (Fsp3) is 0.875. The number of unbranched alkanes of at least 4 members (excludes halogenated alkanes) is 7. The number of hydrogen-bond acceptors (Lipinski definition) is 2. The molecule has 0 aliphatic rings. The van der Waals surface area contributed by atoms with Gasteiger partial charge in [-0.1, -0.05) is 51.5 Å². The lowest BCUT2D eigenvalue weighted by molar-refractivity contribution is -0.104. The van der Waals surface area contributed by atoms with Gasteiger partial charge in [0.05, 0.1) is 0 Å². The lowest BCUT2D eigenvalue weighted by Crippen LogP contribution is -2.14. The smallest absolute Gasteiger partial charge is 0.176 e. The van der Waals surface area contributed by atoms with E-state index in [0.29, 0.717) is 13.2 Å². The van der Waals surface area contributed by atoms with E-state index in [2.05, 4.69) is 13.0 Å². The number of rotatable bonds is 13. The second-order valence-electron chi connectivity index (χ2n) is 4.62. The van der Waals surface area contributed by atoms with Crippen molar-refractivity contribution in [3.8, 4) is 0 Å². The molecule has 0 radical (unpaired) electrons. The van der Waals surface area contributed by atoms with Gasteiger partial charge in [-0.15, -0.1) is 0 Å². The fourth-order valence-electron chi connectivity index (χ4n) is 1.91. The van der Waals surface area contributed by atoms with Gasteiger partial charge in [0.25, 0.3) is 0 Å². The van der Waals surface area contributed by atoms with Gasteiger partial charge in [-0.05, 0) is 32.8 Å². The molecule has 2 heteroatoms. The molecule has 108 valence electrons. The van der Waals surface area contributed by atoms with Crippen LogP contribution >= 0.6 is 0 Å². The Morgan fingerprint density at radius 1 is 0.778 bits per heavy atom. The first-order chi connectivity index (χ1) is 8.85. The van der Waals surface area contributed by atoms with Gasteiger partial charge in [0.2, 0.25) is 0 Å². The van der Waals surface area contributed by atoms with Crippen LogP contribution in [0.3, 0.4) is 0 Å². The van der Waals surface area contributed by atoms with Crippen molar-refractivity contribution in [2.75, 3.05) is 13.2 Å². The second kappa shape index (κ2) is 14.7. The standard InChI is InChI=1S/C16H32O2/c1-4-7-8-9-10-11-12-13-14-15-16(17-5-2)18-6-3/h14-16H,4-13H2,1-3H3. The van der Waals surface area contributed by atoms with Crippen molar-refractivity contribution >= 4 is 0 Å². The van der Waals surface area contributed by atoms with Gasteiger partial charge < -0.3 is 9.47 Å². The Kier molecular flexibility index (Phi) is 14.4. The van der Waals surface area contributed by atoms with Crippen molar-refractivity contribution in [3.63, 3.8) is 0 Å². The zero-order valence-electron chi connectivity index (χ0n) is 12.6. The van der Waals surface area contributed by atoms with Gasteiger partial charge in [0, 0.05) is 13.2 Å². The Labute approximate surface area is 114 Å². The molecule has 0 saturated heterocycles. The summed E-state index contributed by atoms with van der Waals surface area (Å²) in [4.78, 5) is 0. The van der Waals surface area contributed by atoms with Gasteiger partial charge >= 0.3 is 0 Å². The Hall–Kier alpha value is -0.340. The number of hydrogen-bond donors (Lipinski definition) is 0. The van der Waals surface area contributed by atoms with Gasteiger partial charge in [-0.2, -0.15) is 0 Å². The maximum atomic E-state index is 5.45. The molecule has 18 heavy (non-hydrogen) atoms. The van der Waals surface area contributed by atoms with Crippen LogP contribution < -0.4 is 0 Å². The molecule has 0 aromatic rings. The average Bonchev–Trinajstić information content (AvgIpc) is 2.37. The Morgan fingerprint density at radius 3 is 1.89 bits per heavy atom. The summed E-state index contributed by atoms with van der Waals surface area (Å²) in [5.41, 5.74) is 0. The highest BCUT2D eigenvalue weighted by Gasteiger charge is 2.00. The normalized spacial score (nSPS) is 11.8. The van der Waals surface area contributed by atoms with E-state index >= 15 is 0 Å². The largest absolute Gasteiger partial charge is 0.349 e. The molecule has 0 unspecified atom stereocenters. The van der Waals surface area contributed by atoms with Crippen LogP contribution in [0, 0.1) is 0 Å². The third-order valence-electron chi connectivity index (χ3n) is 2.93. The topological polar surface area (TPSA) is 18.5 Å². The maximum absolute atomic E-state index is 5.45. The number of ether oxygens (including phenoxy) is 2. The summed E-state index contributed by atoms with van der Waals surface area (Å²) in [6.07, 6.45) is 14.8. The lowest BCUT2D eigenvalue weighted by Gasteiger charge is -2.12. The molecule has 0 atom stereocenters. The molecule has 0 aliphatic carbocycles. The molecule has 0 N–H and O–H groups in total. The Bertz CT molecular complexity index is 172. The summed E-state index contributed by atoms with van der Waals surface area (Å²) < 4.78 is 10.9. The van der Waals surface area contributed by atoms with E-state index in [9.17, 15) is 0 Å². The highest BCUT2D eigenvalue weighted by atomic mass is 16.7. The van der Waals surface area contributed by atoms with Crippen molar-refractivity contribution in [2.24, 2.45) is 0 Å². The first-order valence-electron chi connectivity index (χ1n) is 7.74. The van der Waals surface area contributed by atoms with E-state index in [-0.39, 0.29) is 6.29 Å². The highest BCUT2D eigenvalue weighted by molar-refractivity contribution is 4.85. The molecular formula is C16H32O2. The lowest BCUT2D eigenvalue weighted by atomic mass is 10.1. The van der Waals surface area contributed by atoms with Crippen LogP contribution in [0.2, 0.25) is 0 Å².